The van der Waals surface area contributed by atoms with Crippen molar-refractivity contribution in [1.29, 1.82) is 0 Å². The van der Waals surface area contributed by atoms with Crippen LogP contribution in [0.2, 0.25) is 0 Å². The minimum absolute atomic E-state index is 0.247. The third-order valence-corrected chi connectivity index (χ3v) is 3.56. The second kappa shape index (κ2) is 6.60. The summed E-state index contributed by atoms with van der Waals surface area (Å²) in [4.78, 5) is 13.2. The Morgan fingerprint density at radius 3 is 2.42 bits per heavy atom. The lowest BCUT2D eigenvalue weighted by molar-refractivity contribution is -0.117. The van der Waals surface area contributed by atoms with Crippen molar-refractivity contribution in [1.82, 2.24) is 0 Å². The van der Waals surface area contributed by atoms with Crippen molar-refractivity contribution in [2.24, 2.45) is 0 Å². The average molecular weight is 263 g/mol. The highest BCUT2D eigenvalue weighted by Crippen LogP contribution is 2.36. The van der Waals surface area contributed by atoms with Crippen LogP contribution < -0.4 is 9.64 Å². The monoisotopic (exact) mass is 263 g/mol. The minimum Gasteiger partial charge on any atom is -0.494 e. The number of hydrogen-bond acceptors (Lipinski definition) is 3. The average Bonchev–Trinajstić information content (AvgIpc) is 2.32. The Morgan fingerprint density at radius 2 is 1.89 bits per heavy atom. The second-order valence-corrected chi connectivity index (χ2v) is 5.24. The number of anilines is 1. The molecule has 0 saturated heterocycles. The maximum absolute atomic E-state index is 11.0. The van der Waals surface area contributed by atoms with Gasteiger partial charge in [0, 0.05) is 20.0 Å². The summed E-state index contributed by atoms with van der Waals surface area (Å²) < 4.78 is 5.58. The summed E-state index contributed by atoms with van der Waals surface area (Å²) in [6.45, 7) is 8.79. The third kappa shape index (κ3) is 3.72. The lowest BCUT2D eigenvalue weighted by Crippen LogP contribution is -2.21. The molecule has 0 heterocycles. The Kier molecular flexibility index (Phi) is 5.40. The number of ketones is 1. The van der Waals surface area contributed by atoms with Crippen LogP contribution in [0.4, 0.5) is 5.69 Å². The Labute approximate surface area is 116 Å². The van der Waals surface area contributed by atoms with E-state index in [2.05, 4.69) is 38.8 Å². The van der Waals surface area contributed by atoms with Gasteiger partial charge >= 0.3 is 0 Å². The molecule has 19 heavy (non-hydrogen) atoms. The van der Waals surface area contributed by atoms with E-state index in [4.69, 9.17) is 4.74 Å². The van der Waals surface area contributed by atoms with Gasteiger partial charge in [0.1, 0.15) is 11.5 Å². The highest BCUT2D eigenvalue weighted by Gasteiger charge is 2.15. The van der Waals surface area contributed by atoms with Crippen LogP contribution >= 0.6 is 0 Å². The van der Waals surface area contributed by atoms with Crippen LogP contribution in [0.5, 0.6) is 5.75 Å². The number of carbonyl (C=O) groups is 1. The summed E-state index contributed by atoms with van der Waals surface area (Å²) >= 11 is 0. The van der Waals surface area contributed by atoms with E-state index < -0.39 is 0 Å². The van der Waals surface area contributed by atoms with Crippen LogP contribution in [0.15, 0.2) is 6.07 Å². The predicted molar refractivity (Wildman–Crippen MR) is 80.4 cm³/mol. The van der Waals surface area contributed by atoms with Crippen LogP contribution in [0, 0.1) is 20.8 Å². The second-order valence-electron chi connectivity index (χ2n) is 5.24. The van der Waals surface area contributed by atoms with Gasteiger partial charge in [-0.2, -0.15) is 0 Å². The van der Waals surface area contributed by atoms with Crippen molar-refractivity contribution >= 4 is 11.5 Å². The van der Waals surface area contributed by atoms with E-state index >= 15 is 0 Å². The van der Waals surface area contributed by atoms with Crippen LogP contribution in [-0.2, 0) is 4.79 Å². The molecule has 0 amide bonds. The van der Waals surface area contributed by atoms with Gasteiger partial charge in [0.15, 0.2) is 0 Å². The zero-order valence-electron chi connectivity index (χ0n) is 13.0. The SMILES string of the molecule is COc1c(C)c(C)cc(C)c1N(C)CCCC(C)=O. The summed E-state index contributed by atoms with van der Waals surface area (Å²) in [6.07, 6.45) is 1.51. The molecule has 0 bridgehead atoms. The highest BCUT2D eigenvalue weighted by molar-refractivity contribution is 5.75. The Balaban J connectivity index is 2.98. The topological polar surface area (TPSA) is 29.5 Å². The summed E-state index contributed by atoms with van der Waals surface area (Å²) in [5.41, 5.74) is 4.77. The molecular weight excluding hydrogens is 238 g/mol. The first kappa shape index (κ1) is 15.5. The first-order valence-corrected chi connectivity index (χ1v) is 6.73. The van der Waals surface area contributed by atoms with Crippen molar-refractivity contribution in [2.75, 3.05) is 25.6 Å². The van der Waals surface area contributed by atoms with Crippen molar-refractivity contribution in [2.45, 2.75) is 40.5 Å². The van der Waals surface area contributed by atoms with Crippen LogP contribution in [0.3, 0.4) is 0 Å². The first-order chi connectivity index (χ1) is 8.88. The molecule has 0 radical (unpaired) electrons. The van der Waals surface area contributed by atoms with Crippen molar-refractivity contribution in [3.05, 3.63) is 22.8 Å². The van der Waals surface area contributed by atoms with Gasteiger partial charge in [-0.25, -0.2) is 0 Å². The molecule has 106 valence electrons. The fourth-order valence-electron chi connectivity index (χ4n) is 2.44. The number of carbonyl (C=O) groups excluding carboxylic acids is 1. The molecule has 1 rings (SSSR count). The van der Waals surface area contributed by atoms with Gasteiger partial charge < -0.3 is 14.4 Å². The number of aryl methyl sites for hydroxylation is 2. The van der Waals surface area contributed by atoms with Crippen molar-refractivity contribution < 1.29 is 9.53 Å². The number of rotatable bonds is 6. The summed E-state index contributed by atoms with van der Waals surface area (Å²) in [7, 11) is 3.77. The van der Waals surface area contributed by atoms with E-state index in [0.29, 0.717) is 6.42 Å². The molecule has 0 aliphatic carbocycles. The van der Waals surface area contributed by atoms with E-state index in [1.54, 1.807) is 14.0 Å². The van der Waals surface area contributed by atoms with E-state index in [0.717, 1.165) is 24.4 Å². The van der Waals surface area contributed by atoms with Gasteiger partial charge in [-0.1, -0.05) is 6.07 Å². The predicted octanol–water partition coefficient (Wildman–Crippen LogP) is 3.43. The van der Waals surface area contributed by atoms with Crippen molar-refractivity contribution in [3.8, 4) is 5.75 Å². The number of methoxy groups -OCH3 is 1. The Bertz CT molecular complexity index is 466. The van der Waals surface area contributed by atoms with Gasteiger partial charge in [-0.15, -0.1) is 0 Å². The van der Waals surface area contributed by atoms with E-state index in [1.165, 1.54) is 16.7 Å². The molecule has 0 aromatic heterocycles. The van der Waals surface area contributed by atoms with Gasteiger partial charge in [0.05, 0.1) is 12.8 Å². The van der Waals surface area contributed by atoms with Gasteiger partial charge in [0.25, 0.3) is 0 Å². The fraction of sp³-hybridized carbons (Fsp3) is 0.562. The summed E-state index contributed by atoms with van der Waals surface area (Å²) in [6, 6.07) is 2.19. The molecule has 0 aliphatic rings. The highest BCUT2D eigenvalue weighted by atomic mass is 16.5. The molecular formula is C16H25NO2. The third-order valence-electron chi connectivity index (χ3n) is 3.56. The zero-order valence-corrected chi connectivity index (χ0v) is 13.0. The maximum atomic E-state index is 11.0. The van der Waals surface area contributed by atoms with Crippen molar-refractivity contribution in [3.63, 3.8) is 0 Å². The number of ether oxygens (including phenoxy) is 1. The number of benzene rings is 1. The normalized spacial score (nSPS) is 10.4. The standard InChI is InChI=1S/C16H25NO2/c1-11-10-12(2)15(16(19-6)14(11)4)17(5)9-7-8-13(3)18/h10H,7-9H2,1-6H3. The molecule has 0 spiro atoms. The summed E-state index contributed by atoms with van der Waals surface area (Å²) in [5.74, 6) is 1.19. The lowest BCUT2D eigenvalue weighted by atomic mass is 10.0. The molecule has 0 saturated carbocycles. The Morgan fingerprint density at radius 1 is 1.26 bits per heavy atom. The smallest absolute Gasteiger partial charge is 0.145 e. The molecule has 0 fully saturated rings. The van der Waals surface area contributed by atoms with Crippen LogP contribution in [0.25, 0.3) is 0 Å². The van der Waals surface area contributed by atoms with Gasteiger partial charge in [-0.05, 0) is 50.8 Å². The van der Waals surface area contributed by atoms with Gasteiger partial charge in [-0.3, -0.25) is 0 Å². The number of Topliss-reactive ketones (excluding diaryl/α,β-unsaturated/α-hetero) is 1. The van der Waals surface area contributed by atoms with E-state index in [-0.39, 0.29) is 5.78 Å². The number of hydrogen-bond donors (Lipinski definition) is 0. The molecule has 0 N–H and O–H groups in total. The van der Waals surface area contributed by atoms with Crippen LogP contribution in [0.1, 0.15) is 36.5 Å². The lowest BCUT2D eigenvalue weighted by Gasteiger charge is -2.25. The molecule has 1 aromatic rings. The molecule has 0 atom stereocenters. The zero-order chi connectivity index (χ0) is 14.6. The van der Waals surface area contributed by atoms with E-state index in [9.17, 15) is 4.79 Å². The molecule has 0 aliphatic heterocycles. The van der Waals surface area contributed by atoms with E-state index in [1.807, 2.05) is 0 Å². The molecule has 1 aromatic carbocycles. The molecule has 3 heteroatoms. The first-order valence-electron chi connectivity index (χ1n) is 6.73. The van der Waals surface area contributed by atoms with Crippen LogP contribution in [-0.4, -0.2) is 26.5 Å². The minimum atomic E-state index is 0.247. The number of nitrogens with zero attached hydrogens (tertiary/aromatic N) is 1. The quantitative estimate of drug-likeness (QED) is 0.787. The fourth-order valence-corrected chi connectivity index (χ4v) is 2.44. The summed E-state index contributed by atoms with van der Waals surface area (Å²) in [5, 5.41) is 0. The maximum Gasteiger partial charge on any atom is 0.145 e. The Hall–Kier alpha value is -1.51. The molecule has 0 unspecified atom stereocenters. The van der Waals surface area contributed by atoms with Gasteiger partial charge in [0.2, 0.25) is 0 Å². The molecule has 3 nitrogen and oxygen atoms in total. The largest absolute Gasteiger partial charge is 0.494 e.